The summed E-state index contributed by atoms with van der Waals surface area (Å²) in [6.07, 6.45) is 38.8. The molecule has 1 aliphatic heterocycles. The SMILES string of the molecule is CCCCCCCCCN(CC=O)CCCCCCCCC.CCCCCCCCCN(CCCCCCCCC)CC(=O)N1CCN(C)CC1. The van der Waals surface area contributed by atoms with Crippen LogP contribution in [-0.4, -0.2) is 104 Å². The summed E-state index contributed by atoms with van der Waals surface area (Å²) in [5.41, 5.74) is 0. The average Bonchev–Trinajstić information content (AvgIpc) is 3.13. The van der Waals surface area contributed by atoms with E-state index in [0.29, 0.717) is 19.0 Å². The van der Waals surface area contributed by atoms with Crippen molar-refractivity contribution < 1.29 is 9.59 Å². The zero-order valence-electron chi connectivity index (χ0n) is 35.6. The molecule has 0 unspecified atom stereocenters. The first-order chi connectivity index (χ1) is 25.0. The molecule has 1 heterocycles. The quantitative estimate of drug-likeness (QED) is 0.0476. The minimum atomic E-state index is 0.351. The van der Waals surface area contributed by atoms with Crippen LogP contribution in [0.5, 0.6) is 0 Å². The summed E-state index contributed by atoms with van der Waals surface area (Å²) in [6.45, 7) is 18.6. The van der Waals surface area contributed by atoms with Crippen molar-refractivity contribution in [2.75, 3.05) is 72.5 Å². The van der Waals surface area contributed by atoms with Crippen LogP contribution in [0.2, 0.25) is 0 Å². The minimum Gasteiger partial charge on any atom is -0.339 e. The Hall–Kier alpha value is -0.980. The number of hydrogen-bond acceptors (Lipinski definition) is 5. The molecule has 0 aromatic rings. The predicted molar refractivity (Wildman–Crippen MR) is 225 cm³/mol. The number of amides is 1. The second kappa shape index (κ2) is 40.2. The van der Waals surface area contributed by atoms with Crippen LogP contribution < -0.4 is 0 Å². The van der Waals surface area contributed by atoms with Crippen LogP contribution in [0.3, 0.4) is 0 Å². The maximum atomic E-state index is 12.8. The molecule has 304 valence electrons. The molecular weight excluding hydrogens is 629 g/mol. The average molecular weight is 721 g/mol. The summed E-state index contributed by atoms with van der Waals surface area (Å²) in [4.78, 5) is 32.8. The van der Waals surface area contributed by atoms with E-state index in [1.807, 2.05) is 0 Å². The summed E-state index contributed by atoms with van der Waals surface area (Å²) >= 11 is 0. The fourth-order valence-corrected chi connectivity index (χ4v) is 7.19. The summed E-state index contributed by atoms with van der Waals surface area (Å²) in [5, 5.41) is 0. The molecule has 51 heavy (non-hydrogen) atoms. The van der Waals surface area contributed by atoms with Crippen molar-refractivity contribution >= 4 is 12.2 Å². The molecule has 0 atom stereocenters. The van der Waals surface area contributed by atoms with Crippen LogP contribution in [0.15, 0.2) is 0 Å². The highest BCUT2D eigenvalue weighted by molar-refractivity contribution is 5.78. The van der Waals surface area contributed by atoms with E-state index in [1.165, 1.54) is 180 Å². The Labute approximate surface area is 320 Å². The molecule has 1 rings (SSSR count). The summed E-state index contributed by atoms with van der Waals surface area (Å²) < 4.78 is 0. The van der Waals surface area contributed by atoms with Gasteiger partial charge < -0.3 is 14.6 Å². The number of aldehydes is 1. The lowest BCUT2D eigenvalue weighted by Crippen LogP contribution is -2.50. The Morgan fingerprint density at radius 3 is 1.06 bits per heavy atom. The molecule has 1 fully saturated rings. The lowest BCUT2D eigenvalue weighted by molar-refractivity contribution is -0.134. The van der Waals surface area contributed by atoms with Crippen molar-refractivity contribution in [1.29, 1.82) is 0 Å². The van der Waals surface area contributed by atoms with Gasteiger partial charge in [-0.3, -0.25) is 14.6 Å². The third kappa shape index (κ3) is 34.5. The molecule has 0 N–H and O–H groups in total. The second-order valence-electron chi connectivity index (χ2n) is 15.9. The van der Waals surface area contributed by atoms with Gasteiger partial charge in [-0.15, -0.1) is 0 Å². The molecule has 0 spiro atoms. The number of piperazine rings is 1. The molecule has 1 aliphatic rings. The summed E-state index contributed by atoms with van der Waals surface area (Å²) in [6, 6.07) is 0. The van der Waals surface area contributed by atoms with E-state index in [0.717, 1.165) is 58.6 Å². The Morgan fingerprint density at radius 2 is 0.745 bits per heavy atom. The van der Waals surface area contributed by atoms with Crippen molar-refractivity contribution in [3.63, 3.8) is 0 Å². The first-order valence-corrected chi connectivity index (χ1v) is 22.9. The highest BCUT2D eigenvalue weighted by atomic mass is 16.2. The van der Waals surface area contributed by atoms with Gasteiger partial charge >= 0.3 is 0 Å². The first-order valence-electron chi connectivity index (χ1n) is 22.9. The maximum absolute atomic E-state index is 12.8. The number of unbranched alkanes of at least 4 members (excludes halogenated alkanes) is 24. The van der Waals surface area contributed by atoms with Gasteiger partial charge in [-0.25, -0.2) is 0 Å². The number of likely N-dealkylation sites (N-methyl/N-ethyl adjacent to an activating group) is 1. The molecule has 6 nitrogen and oxygen atoms in total. The van der Waals surface area contributed by atoms with Gasteiger partial charge in [-0.05, 0) is 58.9 Å². The molecule has 0 bridgehead atoms. The van der Waals surface area contributed by atoms with Gasteiger partial charge in [0.15, 0.2) is 0 Å². The molecule has 1 saturated heterocycles. The molecule has 0 saturated carbocycles. The molecule has 1 amide bonds. The van der Waals surface area contributed by atoms with Crippen LogP contribution >= 0.6 is 0 Å². The van der Waals surface area contributed by atoms with Crippen LogP contribution in [-0.2, 0) is 9.59 Å². The van der Waals surface area contributed by atoms with Crippen molar-refractivity contribution in [3.8, 4) is 0 Å². The smallest absolute Gasteiger partial charge is 0.236 e. The monoisotopic (exact) mass is 721 g/mol. The van der Waals surface area contributed by atoms with Crippen molar-refractivity contribution in [2.24, 2.45) is 0 Å². The van der Waals surface area contributed by atoms with Gasteiger partial charge in [0, 0.05) is 26.2 Å². The Morgan fingerprint density at radius 1 is 0.451 bits per heavy atom. The van der Waals surface area contributed by atoms with Gasteiger partial charge in [-0.2, -0.15) is 0 Å². The van der Waals surface area contributed by atoms with E-state index in [2.05, 4.69) is 54.3 Å². The topological polar surface area (TPSA) is 47.1 Å². The fourth-order valence-electron chi connectivity index (χ4n) is 7.19. The van der Waals surface area contributed by atoms with Gasteiger partial charge in [0.25, 0.3) is 0 Å². The highest BCUT2D eigenvalue weighted by Crippen LogP contribution is 2.12. The van der Waals surface area contributed by atoms with Crippen LogP contribution in [0.25, 0.3) is 0 Å². The minimum absolute atomic E-state index is 0.351. The zero-order chi connectivity index (χ0) is 37.5. The summed E-state index contributed by atoms with van der Waals surface area (Å²) in [7, 11) is 2.15. The largest absolute Gasteiger partial charge is 0.339 e. The van der Waals surface area contributed by atoms with Crippen LogP contribution in [0.1, 0.15) is 207 Å². The van der Waals surface area contributed by atoms with E-state index in [-0.39, 0.29) is 0 Å². The van der Waals surface area contributed by atoms with E-state index in [4.69, 9.17) is 0 Å². The molecule has 6 heteroatoms. The summed E-state index contributed by atoms with van der Waals surface area (Å²) in [5.74, 6) is 0.351. The molecule has 0 radical (unpaired) electrons. The highest BCUT2D eigenvalue weighted by Gasteiger charge is 2.21. The van der Waals surface area contributed by atoms with Crippen LogP contribution in [0.4, 0.5) is 0 Å². The number of carbonyl (C=O) groups is 2. The molecule has 0 aromatic carbocycles. The maximum Gasteiger partial charge on any atom is 0.236 e. The molecule has 0 aromatic heterocycles. The Bertz CT molecular complexity index is 676. The third-order valence-corrected chi connectivity index (χ3v) is 10.9. The van der Waals surface area contributed by atoms with Gasteiger partial charge in [0.1, 0.15) is 6.29 Å². The van der Waals surface area contributed by atoms with Gasteiger partial charge in [0.2, 0.25) is 5.91 Å². The Kier molecular flexibility index (Phi) is 39.4. The fraction of sp³-hybridized carbons (Fsp3) is 0.956. The number of carbonyl (C=O) groups excluding carboxylic acids is 2. The van der Waals surface area contributed by atoms with Gasteiger partial charge in [0.05, 0.1) is 13.1 Å². The number of hydrogen-bond donors (Lipinski definition) is 0. The predicted octanol–water partition coefficient (Wildman–Crippen LogP) is 11.6. The van der Waals surface area contributed by atoms with Gasteiger partial charge in [-0.1, -0.05) is 182 Å². The van der Waals surface area contributed by atoms with E-state index >= 15 is 0 Å². The van der Waals surface area contributed by atoms with Crippen LogP contribution in [0, 0.1) is 0 Å². The standard InChI is InChI=1S/C25H51N3O.C20H41NO/c1-4-6-8-10-12-14-16-18-27(19-17-15-13-11-9-7-5-2)24-25(29)28-22-20-26(3)21-23-28;1-3-5-7-9-11-13-15-17-21(19-20-22)18-16-14-12-10-8-6-4-2/h4-24H2,1-3H3;20H,3-19H2,1-2H3. The normalized spacial score (nSPS) is 13.6. The molecule has 0 aliphatic carbocycles. The van der Waals surface area contributed by atoms with Crippen molar-refractivity contribution in [2.45, 2.75) is 207 Å². The van der Waals surface area contributed by atoms with Crippen molar-refractivity contribution in [1.82, 2.24) is 19.6 Å². The second-order valence-corrected chi connectivity index (χ2v) is 15.9. The van der Waals surface area contributed by atoms with E-state index < -0.39 is 0 Å². The number of nitrogens with zero attached hydrogens (tertiary/aromatic N) is 4. The lowest BCUT2D eigenvalue weighted by atomic mass is 10.1. The zero-order valence-corrected chi connectivity index (χ0v) is 35.6. The third-order valence-electron chi connectivity index (χ3n) is 10.9. The Balaban J connectivity index is 0.00000102. The van der Waals surface area contributed by atoms with E-state index in [1.54, 1.807) is 0 Å². The lowest BCUT2D eigenvalue weighted by Gasteiger charge is -2.34. The number of rotatable bonds is 36. The van der Waals surface area contributed by atoms with Crippen molar-refractivity contribution in [3.05, 3.63) is 0 Å². The molecular formula is C45H92N4O2. The first kappa shape index (κ1) is 50.0. The van der Waals surface area contributed by atoms with E-state index in [9.17, 15) is 9.59 Å².